The minimum Gasteiger partial charge on any atom is -0.374 e. The number of aromatic nitrogens is 1. The molecule has 0 spiro atoms. The summed E-state index contributed by atoms with van der Waals surface area (Å²) in [5.74, 6) is 0. The molecule has 1 aliphatic heterocycles. The van der Waals surface area contributed by atoms with E-state index in [1.165, 1.54) is 71.8 Å². The van der Waals surface area contributed by atoms with E-state index in [4.69, 9.17) is 4.98 Å². The van der Waals surface area contributed by atoms with Crippen LogP contribution in [0.25, 0.3) is 77.6 Å². The highest BCUT2D eigenvalue weighted by Gasteiger charge is 2.19. The fraction of sp³-hybridized carbons (Fsp3) is 0.0185. The van der Waals surface area contributed by atoms with Gasteiger partial charge < -0.3 is 5.32 Å². The van der Waals surface area contributed by atoms with Gasteiger partial charge in [0.15, 0.2) is 0 Å². The van der Waals surface area contributed by atoms with Gasteiger partial charge in [-0.1, -0.05) is 182 Å². The molecule has 0 amide bonds. The normalized spacial score (nSPS) is 13.9. The van der Waals surface area contributed by atoms with E-state index in [0.717, 1.165) is 22.5 Å². The molecule has 2 heterocycles. The molecule has 1 N–H and O–H groups in total. The van der Waals surface area contributed by atoms with Crippen LogP contribution in [0.15, 0.2) is 218 Å². The first-order valence-electron chi connectivity index (χ1n) is 19.2. The van der Waals surface area contributed by atoms with Crippen LogP contribution in [0.2, 0.25) is 0 Å². The maximum Gasteiger partial charge on any atom is 0.0722 e. The molecule has 8 aromatic carbocycles. The quantitative estimate of drug-likeness (QED) is 0.166. The Hall–Kier alpha value is -7.29. The van der Waals surface area contributed by atoms with Crippen molar-refractivity contribution in [2.75, 3.05) is 0 Å². The molecule has 0 aliphatic carbocycles. The molecular formula is C54H38N2. The first kappa shape index (κ1) is 33.3. The van der Waals surface area contributed by atoms with Crippen LogP contribution in [0.4, 0.5) is 0 Å². The zero-order valence-corrected chi connectivity index (χ0v) is 30.8. The second-order valence-corrected chi connectivity index (χ2v) is 14.4. The van der Waals surface area contributed by atoms with Gasteiger partial charge in [-0.3, -0.25) is 0 Å². The molecule has 264 valence electrons. The minimum atomic E-state index is 0.0715. The predicted molar refractivity (Wildman–Crippen MR) is 236 cm³/mol. The number of allylic oxidation sites excluding steroid dienone is 2. The maximum absolute atomic E-state index is 5.16. The third kappa shape index (κ3) is 6.48. The fourth-order valence-corrected chi connectivity index (χ4v) is 8.02. The lowest BCUT2D eigenvalue weighted by molar-refractivity contribution is 0.767. The summed E-state index contributed by atoms with van der Waals surface area (Å²) < 4.78 is 0. The number of hydrogen-bond acceptors (Lipinski definition) is 2. The van der Waals surface area contributed by atoms with Crippen LogP contribution < -0.4 is 5.32 Å². The Morgan fingerprint density at radius 3 is 1.68 bits per heavy atom. The van der Waals surface area contributed by atoms with Crippen LogP contribution in [0.5, 0.6) is 0 Å². The van der Waals surface area contributed by atoms with Gasteiger partial charge >= 0.3 is 0 Å². The second kappa shape index (κ2) is 14.5. The van der Waals surface area contributed by atoms with Crippen molar-refractivity contribution in [2.24, 2.45) is 0 Å². The Kier molecular flexibility index (Phi) is 8.62. The molecule has 2 nitrogen and oxygen atoms in total. The second-order valence-electron chi connectivity index (χ2n) is 14.4. The highest BCUT2D eigenvalue weighted by molar-refractivity contribution is 6.14. The molecule has 1 aliphatic rings. The van der Waals surface area contributed by atoms with Gasteiger partial charge in [0.05, 0.1) is 17.3 Å². The Balaban J connectivity index is 0.984. The van der Waals surface area contributed by atoms with Crippen LogP contribution in [-0.4, -0.2) is 4.98 Å². The number of benzene rings is 8. The summed E-state index contributed by atoms with van der Waals surface area (Å²) in [6.45, 7) is 0. The first-order valence-corrected chi connectivity index (χ1v) is 19.2. The molecule has 0 bridgehead atoms. The van der Waals surface area contributed by atoms with E-state index in [1.807, 2.05) is 6.07 Å². The smallest absolute Gasteiger partial charge is 0.0722 e. The van der Waals surface area contributed by atoms with E-state index in [9.17, 15) is 0 Å². The summed E-state index contributed by atoms with van der Waals surface area (Å²) in [5, 5.41) is 7.36. The summed E-state index contributed by atoms with van der Waals surface area (Å²) in [6.07, 6.45) is 4.62. The Morgan fingerprint density at radius 1 is 0.411 bits per heavy atom. The summed E-state index contributed by atoms with van der Waals surface area (Å²) in [4.78, 5) is 5.16. The Morgan fingerprint density at radius 2 is 0.982 bits per heavy atom. The Labute approximate surface area is 327 Å². The predicted octanol–water partition coefficient (Wildman–Crippen LogP) is 13.8. The van der Waals surface area contributed by atoms with E-state index in [2.05, 4.69) is 218 Å². The van der Waals surface area contributed by atoms with Crippen LogP contribution in [-0.2, 0) is 0 Å². The average Bonchev–Trinajstić information content (AvgIpc) is 3.29. The molecule has 9 aromatic rings. The lowest BCUT2D eigenvalue weighted by Crippen LogP contribution is -2.21. The van der Waals surface area contributed by atoms with Gasteiger partial charge in [0.25, 0.3) is 0 Å². The number of pyridine rings is 1. The van der Waals surface area contributed by atoms with Crippen molar-refractivity contribution in [1.82, 2.24) is 10.3 Å². The number of dihydropyridines is 1. The van der Waals surface area contributed by atoms with Crippen molar-refractivity contribution < 1.29 is 0 Å². The minimum absolute atomic E-state index is 0.0715. The highest BCUT2D eigenvalue weighted by atomic mass is 14.9. The van der Waals surface area contributed by atoms with Gasteiger partial charge in [-0.05, 0) is 103 Å². The van der Waals surface area contributed by atoms with Crippen molar-refractivity contribution in [3.63, 3.8) is 0 Å². The van der Waals surface area contributed by atoms with Gasteiger partial charge in [0.2, 0.25) is 0 Å². The zero-order valence-electron chi connectivity index (χ0n) is 30.8. The monoisotopic (exact) mass is 714 g/mol. The SMILES string of the molecule is C1=C(c2cccc(-c3ccc(-c4ccc5c(ccc6nc(-c7ccccc7)cc(-c7ccccc7)c65)c4)cc3)c2)C=C(c2ccccc2)NC1c1ccccc1. The lowest BCUT2D eigenvalue weighted by atomic mass is 9.91. The summed E-state index contributed by atoms with van der Waals surface area (Å²) >= 11 is 0. The highest BCUT2D eigenvalue weighted by Crippen LogP contribution is 2.39. The van der Waals surface area contributed by atoms with Crippen molar-refractivity contribution in [3.05, 3.63) is 235 Å². The van der Waals surface area contributed by atoms with Crippen LogP contribution in [0.1, 0.15) is 22.7 Å². The van der Waals surface area contributed by atoms with Gasteiger partial charge in [-0.25, -0.2) is 4.98 Å². The Bertz CT molecular complexity index is 2890. The van der Waals surface area contributed by atoms with Gasteiger partial charge in [-0.15, -0.1) is 0 Å². The van der Waals surface area contributed by atoms with Crippen LogP contribution in [0.3, 0.4) is 0 Å². The number of nitrogens with zero attached hydrogens (tertiary/aromatic N) is 1. The van der Waals surface area contributed by atoms with Gasteiger partial charge in [0, 0.05) is 16.6 Å². The summed E-state index contributed by atoms with van der Waals surface area (Å²) in [5.41, 5.74) is 16.2. The summed E-state index contributed by atoms with van der Waals surface area (Å²) in [7, 11) is 0. The van der Waals surface area contributed by atoms with E-state index in [0.29, 0.717) is 0 Å². The molecule has 10 rings (SSSR count). The fourth-order valence-electron chi connectivity index (χ4n) is 8.02. The molecule has 0 radical (unpaired) electrons. The van der Waals surface area contributed by atoms with Crippen molar-refractivity contribution in [1.29, 1.82) is 0 Å². The largest absolute Gasteiger partial charge is 0.374 e. The molecule has 1 atom stereocenters. The van der Waals surface area contributed by atoms with E-state index >= 15 is 0 Å². The molecule has 56 heavy (non-hydrogen) atoms. The molecule has 2 heteroatoms. The first-order chi connectivity index (χ1) is 27.7. The number of fused-ring (bicyclic) bond motifs is 3. The topological polar surface area (TPSA) is 24.9 Å². The van der Waals surface area contributed by atoms with Crippen molar-refractivity contribution in [3.8, 4) is 44.6 Å². The lowest BCUT2D eigenvalue weighted by Gasteiger charge is -2.26. The molecule has 1 unspecified atom stereocenters. The summed E-state index contributed by atoms with van der Waals surface area (Å²) in [6, 6.07) is 73.8. The van der Waals surface area contributed by atoms with E-state index < -0.39 is 0 Å². The molecule has 0 fully saturated rings. The van der Waals surface area contributed by atoms with E-state index in [-0.39, 0.29) is 6.04 Å². The van der Waals surface area contributed by atoms with Crippen LogP contribution >= 0.6 is 0 Å². The van der Waals surface area contributed by atoms with Gasteiger partial charge in [-0.2, -0.15) is 0 Å². The number of rotatable bonds is 7. The van der Waals surface area contributed by atoms with Gasteiger partial charge in [0.1, 0.15) is 0 Å². The average molecular weight is 715 g/mol. The molecular weight excluding hydrogens is 677 g/mol. The third-order valence-electron chi connectivity index (χ3n) is 10.9. The van der Waals surface area contributed by atoms with Crippen LogP contribution in [0, 0.1) is 0 Å². The molecule has 1 aromatic heterocycles. The molecule has 0 saturated heterocycles. The zero-order chi connectivity index (χ0) is 37.3. The standard InChI is InChI=1S/C54H38N2/c1-5-14-39(15-6-1)49-36-53(42-20-11-4-12-21-42)55-50-31-29-46-33-45(28-30-48(46)54(49)50)38-26-24-37(25-27-38)43-22-13-23-44(32-43)47-34-51(40-16-7-2-8-17-40)56-52(35-47)41-18-9-3-10-19-41/h1-36,51,56H. The van der Waals surface area contributed by atoms with Crippen molar-refractivity contribution in [2.45, 2.75) is 6.04 Å². The number of nitrogens with one attached hydrogen (secondary N) is 1. The van der Waals surface area contributed by atoms with E-state index in [1.54, 1.807) is 0 Å². The maximum atomic E-state index is 5.16. The molecule has 0 saturated carbocycles. The third-order valence-corrected chi connectivity index (χ3v) is 10.9. The number of hydrogen-bond donors (Lipinski definition) is 1. The van der Waals surface area contributed by atoms with Crippen molar-refractivity contribution >= 4 is 32.9 Å².